The molecule has 0 N–H and O–H groups in total. The first-order valence-corrected chi connectivity index (χ1v) is 13.1. The van der Waals surface area contributed by atoms with Gasteiger partial charge in [0.2, 0.25) is 0 Å². The van der Waals surface area contributed by atoms with Crippen molar-refractivity contribution in [1.29, 1.82) is 0 Å². The van der Waals surface area contributed by atoms with Crippen molar-refractivity contribution in [3.63, 3.8) is 0 Å². The van der Waals surface area contributed by atoms with Crippen LogP contribution in [0, 0.1) is 10.1 Å². The van der Waals surface area contributed by atoms with Gasteiger partial charge in [0.1, 0.15) is 5.82 Å². The van der Waals surface area contributed by atoms with Crippen LogP contribution in [0.2, 0.25) is 0 Å². The number of benzene rings is 4. The minimum Gasteiger partial charge on any atom is -0.324 e. The van der Waals surface area contributed by atoms with Gasteiger partial charge in [-0.05, 0) is 54.8 Å². The van der Waals surface area contributed by atoms with Crippen molar-refractivity contribution in [2.75, 3.05) is 0 Å². The molecule has 8 nitrogen and oxygen atoms in total. The zero-order valence-electron chi connectivity index (χ0n) is 22.2. The molecule has 1 aromatic heterocycles. The van der Waals surface area contributed by atoms with Crippen molar-refractivity contribution in [3.8, 4) is 5.69 Å². The highest BCUT2D eigenvalue weighted by molar-refractivity contribution is 5.94. The molecule has 0 saturated carbocycles. The summed E-state index contributed by atoms with van der Waals surface area (Å²) in [6.07, 6.45) is 0.707. The highest BCUT2D eigenvalue weighted by atomic mass is 16.6. The average Bonchev–Trinajstić information content (AvgIpc) is 2.99. The number of aromatic nitrogens is 2. The lowest BCUT2D eigenvalue weighted by Gasteiger charge is -2.31. The zero-order chi connectivity index (χ0) is 28.2. The number of nitro benzene ring substituents is 1. The molecular formula is C32H28N4O4. The summed E-state index contributed by atoms with van der Waals surface area (Å²) in [5.41, 5.74) is 3.13. The normalized spacial score (nSPS) is 11.8. The summed E-state index contributed by atoms with van der Waals surface area (Å²) in [6.45, 7) is 4.13. The van der Waals surface area contributed by atoms with Crippen LogP contribution in [0.3, 0.4) is 0 Å². The number of non-ortho nitro benzene ring substituents is 1. The summed E-state index contributed by atoms with van der Waals surface area (Å²) in [5, 5.41) is 11.7. The molecule has 200 valence electrons. The molecule has 0 bridgehead atoms. The van der Waals surface area contributed by atoms with E-state index in [1.165, 1.54) is 24.3 Å². The second-order valence-corrected chi connectivity index (χ2v) is 9.51. The number of carbonyl (C=O) groups excluding carboxylic acids is 1. The van der Waals surface area contributed by atoms with Crippen LogP contribution in [-0.4, -0.2) is 25.3 Å². The fraction of sp³-hybridized carbons (Fsp3) is 0.156. The first-order valence-electron chi connectivity index (χ1n) is 13.1. The van der Waals surface area contributed by atoms with Crippen LogP contribution in [0.4, 0.5) is 5.69 Å². The molecule has 40 heavy (non-hydrogen) atoms. The van der Waals surface area contributed by atoms with Crippen LogP contribution >= 0.6 is 0 Å². The molecular weight excluding hydrogens is 504 g/mol. The molecule has 0 fully saturated rings. The number of hydrogen-bond donors (Lipinski definition) is 0. The number of nitrogens with zero attached hydrogens (tertiary/aromatic N) is 4. The van der Waals surface area contributed by atoms with E-state index >= 15 is 0 Å². The van der Waals surface area contributed by atoms with Crippen LogP contribution in [0.25, 0.3) is 16.6 Å². The maximum Gasteiger partial charge on any atom is 0.269 e. The first-order chi connectivity index (χ1) is 19.4. The van der Waals surface area contributed by atoms with Crippen LogP contribution in [0.15, 0.2) is 108 Å². The SMILES string of the molecule is CCc1ccccc1-n1c(C(C)N(Cc2ccccc2)C(=O)c2ccc([N+](=O)[O-])cc2)nc2ccccc2c1=O. The van der Waals surface area contributed by atoms with E-state index in [-0.39, 0.29) is 23.7 Å². The third-order valence-electron chi connectivity index (χ3n) is 7.04. The highest BCUT2D eigenvalue weighted by Crippen LogP contribution is 2.28. The van der Waals surface area contributed by atoms with Crippen molar-refractivity contribution in [3.05, 3.63) is 146 Å². The topological polar surface area (TPSA) is 98.3 Å². The summed E-state index contributed by atoms with van der Waals surface area (Å²) >= 11 is 0. The Balaban J connectivity index is 1.70. The lowest BCUT2D eigenvalue weighted by Crippen LogP contribution is -2.37. The highest BCUT2D eigenvalue weighted by Gasteiger charge is 2.28. The second kappa shape index (κ2) is 11.3. The van der Waals surface area contributed by atoms with E-state index in [4.69, 9.17) is 4.98 Å². The summed E-state index contributed by atoms with van der Waals surface area (Å²) < 4.78 is 1.62. The van der Waals surface area contributed by atoms with Gasteiger partial charge in [0.05, 0.1) is 27.6 Å². The number of fused-ring (bicyclic) bond motifs is 1. The van der Waals surface area contributed by atoms with Gasteiger partial charge in [-0.2, -0.15) is 0 Å². The van der Waals surface area contributed by atoms with E-state index in [2.05, 4.69) is 0 Å². The first kappa shape index (κ1) is 26.5. The molecule has 0 aliphatic carbocycles. The number of para-hydroxylation sites is 2. The predicted molar refractivity (Wildman–Crippen MR) is 155 cm³/mol. The standard InChI is InChI=1S/C32H28N4O4/c1-3-24-13-7-10-16-29(24)35-30(33-28-15-9-8-14-27(28)32(35)38)22(2)34(21-23-11-5-4-6-12-23)31(37)25-17-19-26(20-18-25)36(39)40/h4-20,22H,3,21H2,1-2H3. The molecule has 1 heterocycles. The van der Waals surface area contributed by atoms with E-state index in [0.29, 0.717) is 28.7 Å². The number of hydrogen-bond acceptors (Lipinski definition) is 5. The summed E-state index contributed by atoms with van der Waals surface area (Å²) in [4.78, 5) is 45.3. The lowest BCUT2D eigenvalue weighted by molar-refractivity contribution is -0.384. The molecule has 0 aliphatic heterocycles. The Morgan fingerprint density at radius 1 is 0.925 bits per heavy atom. The maximum atomic E-state index is 14.0. The average molecular weight is 533 g/mol. The van der Waals surface area contributed by atoms with Crippen LogP contribution in [-0.2, 0) is 13.0 Å². The van der Waals surface area contributed by atoms with Gasteiger partial charge in [-0.25, -0.2) is 4.98 Å². The van der Waals surface area contributed by atoms with Crippen molar-refractivity contribution in [2.45, 2.75) is 32.9 Å². The molecule has 1 unspecified atom stereocenters. The van der Waals surface area contributed by atoms with Gasteiger partial charge in [-0.15, -0.1) is 0 Å². The number of amides is 1. The summed E-state index contributed by atoms with van der Waals surface area (Å²) in [5.74, 6) is 0.0970. The second-order valence-electron chi connectivity index (χ2n) is 9.51. The fourth-order valence-corrected chi connectivity index (χ4v) is 4.89. The minimum atomic E-state index is -0.634. The van der Waals surface area contributed by atoms with Crippen LogP contribution in [0.5, 0.6) is 0 Å². The number of carbonyl (C=O) groups is 1. The Hall–Kier alpha value is -5.11. The van der Waals surface area contributed by atoms with Gasteiger partial charge in [-0.1, -0.05) is 67.6 Å². The van der Waals surface area contributed by atoms with E-state index in [0.717, 1.165) is 16.8 Å². The van der Waals surface area contributed by atoms with Gasteiger partial charge in [0, 0.05) is 24.2 Å². The molecule has 5 aromatic rings. The Morgan fingerprint density at radius 2 is 1.57 bits per heavy atom. The molecule has 0 saturated heterocycles. The number of nitro groups is 1. The van der Waals surface area contributed by atoms with E-state index in [9.17, 15) is 19.7 Å². The number of rotatable bonds is 8. The van der Waals surface area contributed by atoms with E-state index < -0.39 is 11.0 Å². The Labute approximate surface area is 231 Å². The Morgan fingerprint density at radius 3 is 2.27 bits per heavy atom. The van der Waals surface area contributed by atoms with Gasteiger partial charge >= 0.3 is 0 Å². The largest absolute Gasteiger partial charge is 0.324 e. The van der Waals surface area contributed by atoms with Gasteiger partial charge in [-0.3, -0.25) is 24.3 Å². The molecule has 1 amide bonds. The van der Waals surface area contributed by atoms with Gasteiger partial charge in [0.25, 0.3) is 17.2 Å². The van der Waals surface area contributed by atoms with Crippen molar-refractivity contribution < 1.29 is 9.72 Å². The predicted octanol–water partition coefficient (Wildman–Crippen LogP) is 6.26. The smallest absolute Gasteiger partial charge is 0.269 e. The quantitative estimate of drug-likeness (QED) is 0.174. The minimum absolute atomic E-state index is 0.0968. The van der Waals surface area contributed by atoms with E-state index in [1.807, 2.05) is 80.6 Å². The Bertz CT molecular complexity index is 1750. The van der Waals surface area contributed by atoms with Crippen LogP contribution < -0.4 is 5.56 Å². The Kier molecular flexibility index (Phi) is 7.50. The van der Waals surface area contributed by atoms with Crippen molar-refractivity contribution in [1.82, 2.24) is 14.5 Å². The fourth-order valence-electron chi connectivity index (χ4n) is 4.89. The molecule has 5 rings (SSSR count). The molecule has 8 heteroatoms. The summed E-state index contributed by atoms with van der Waals surface area (Å²) in [6, 6.07) is 29.4. The van der Waals surface area contributed by atoms with Gasteiger partial charge < -0.3 is 4.90 Å². The lowest BCUT2D eigenvalue weighted by atomic mass is 10.1. The number of aryl methyl sites for hydroxylation is 1. The maximum absolute atomic E-state index is 14.0. The molecule has 4 aromatic carbocycles. The summed E-state index contributed by atoms with van der Waals surface area (Å²) in [7, 11) is 0. The zero-order valence-corrected chi connectivity index (χ0v) is 22.2. The van der Waals surface area contributed by atoms with Crippen molar-refractivity contribution >= 4 is 22.5 Å². The molecule has 1 atom stereocenters. The monoisotopic (exact) mass is 532 g/mol. The van der Waals surface area contributed by atoms with Gasteiger partial charge in [0.15, 0.2) is 0 Å². The molecule has 0 aliphatic rings. The van der Waals surface area contributed by atoms with E-state index in [1.54, 1.807) is 21.6 Å². The van der Waals surface area contributed by atoms with Crippen LogP contribution in [0.1, 0.15) is 47.2 Å². The molecule has 0 spiro atoms. The molecule has 0 radical (unpaired) electrons. The third kappa shape index (κ3) is 5.11. The van der Waals surface area contributed by atoms with Crippen molar-refractivity contribution in [2.24, 2.45) is 0 Å². The third-order valence-corrected chi connectivity index (χ3v) is 7.04.